The number of phenols is 2. The molecule has 2 rings (SSSR count). The molecule has 2 aromatic rings. The van der Waals surface area contributed by atoms with Crippen LogP contribution in [0.1, 0.15) is 18.1 Å². The number of benzene rings is 2. The molecule has 2 aromatic carbocycles. The van der Waals surface area contributed by atoms with Gasteiger partial charge in [-0.25, -0.2) is 9.59 Å². The van der Waals surface area contributed by atoms with Crippen molar-refractivity contribution in [3.8, 4) is 23.0 Å². The van der Waals surface area contributed by atoms with Gasteiger partial charge in [0.15, 0.2) is 29.1 Å². The Balaban J connectivity index is 1.89. The minimum atomic E-state index is -1.01. The summed E-state index contributed by atoms with van der Waals surface area (Å²) in [6.45, 7) is 0.495. The largest absolute Gasteiger partial charge is 0.504 e. The second-order valence-electron chi connectivity index (χ2n) is 7.02. The van der Waals surface area contributed by atoms with Crippen LogP contribution in [0.15, 0.2) is 48.6 Å². The summed E-state index contributed by atoms with van der Waals surface area (Å²) in [5, 5.41) is 19.2. The number of esters is 3. The fourth-order valence-electron chi connectivity index (χ4n) is 2.72. The van der Waals surface area contributed by atoms with Gasteiger partial charge in [-0.1, -0.05) is 12.1 Å². The first-order valence-corrected chi connectivity index (χ1v) is 10.3. The van der Waals surface area contributed by atoms with Crippen molar-refractivity contribution in [2.24, 2.45) is 0 Å². The molecule has 10 nitrogen and oxygen atoms in total. The predicted octanol–water partition coefficient (Wildman–Crippen LogP) is 2.86. The first-order valence-electron chi connectivity index (χ1n) is 10.3. The summed E-state index contributed by atoms with van der Waals surface area (Å²) >= 11 is 0. The van der Waals surface area contributed by atoms with Gasteiger partial charge in [0.2, 0.25) is 0 Å². The zero-order valence-corrected chi connectivity index (χ0v) is 19.4. The van der Waals surface area contributed by atoms with Crippen LogP contribution in [-0.4, -0.2) is 61.7 Å². The maximum absolute atomic E-state index is 12.0. The molecule has 0 spiro atoms. The molecule has 0 aromatic heterocycles. The van der Waals surface area contributed by atoms with E-state index in [-0.39, 0.29) is 36.2 Å². The summed E-state index contributed by atoms with van der Waals surface area (Å²) in [6.07, 6.45) is 4.20. The molecule has 35 heavy (non-hydrogen) atoms. The van der Waals surface area contributed by atoms with Crippen molar-refractivity contribution in [3.63, 3.8) is 0 Å². The minimum Gasteiger partial charge on any atom is -0.504 e. The number of hydrogen-bond acceptors (Lipinski definition) is 10. The second kappa shape index (κ2) is 13.3. The summed E-state index contributed by atoms with van der Waals surface area (Å²) in [5.41, 5.74) is 1.17. The molecule has 0 radical (unpaired) electrons. The Labute approximate surface area is 201 Å². The maximum atomic E-state index is 12.0. The maximum Gasteiger partial charge on any atom is 0.330 e. The monoisotopic (exact) mass is 486 g/mol. The van der Waals surface area contributed by atoms with Gasteiger partial charge < -0.3 is 33.9 Å². The number of ether oxygens (including phenoxy) is 5. The number of carbonyl (C=O) groups is 3. The minimum absolute atomic E-state index is 0.0383. The van der Waals surface area contributed by atoms with E-state index in [4.69, 9.17) is 23.7 Å². The molecule has 0 aliphatic heterocycles. The second-order valence-corrected chi connectivity index (χ2v) is 7.02. The Morgan fingerprint density at radius 1 is 0.800 bits per heavy atom. The normalized spacial score (nSPS) is 11.0. The van der Waals surface area contributed by atoms with Gasteiger partial charge in [-0.3, -0.25) is 4.79 Å². The van der Waals surface area contributed by atoms with Crippen LogP contribution in [0.25, 0.3) is 12.2 Å². The standard InChI is InChI=1S/C25H26O10/c1-16(26)35-19(14-33-24(29)10-6-17-4-8-20(27)22(12-17)31-2)15-34-25(30)11-7-18-5-9-21(28)23(13-18)32-3/h4-13,19,27-28H,14-15H2,1-3H3/b10-6+,11-7+. The van der Waals surface area contributed by atoms with Gasteiger partial charge in [0.05, 0.1) is 14.2 Å². The number of aromatic hydroxyl groups is 2. The van der Waals surface area contributed by atoms with Crippen molar-refractivity contribution < 1.29 is 48.3 Å². The molecule has 2 N–H and O–H groups in total. The highest BCUT2D eigenvalue weighted by Gasteiger charge is 2.16. The molecule has 10 heteroatoms. The summed E-state index contributed by atoms with van der Waals surface area (Å²) in [4.78, 5) is 35.4. The van der Waals surface area contributed by atoms with E-state index in [1.165, 1.54) is 57.6 Å². The van der Waals surface area contributed by atoms with Crippen LogP contribution in [0.2, 0.25) is 0 Å². The van der Waals surface area contributed by atoms with Crippen molar-refractivity contribution in [2.75, 3.05) is 27.4 Å². The molecule has 0 saturated heterocycles. The summed E-state index contributed by atoms with van der Waals surface area (Å²) in [7, 11) is 2.80. The first kappa shape index (κ1) is 26.8. The van der Waals surface area contributed by atoms with E-state index >= 15 is 0 Å². The first-order chi connectivity index (χ1) is 16.7. The Kier molecular flexibility index (Phi) is 10.2. The third-order valence-corrected chi connectivity index (χ3v) is 4.39. The van der Waals surface area contributed by atoms with Gasteiger partial charge in [0.25, 0.3) is 0 Å². The quantitative estimate of drug-likeness (QED) is 0.277. The molecule has 0 heterocycles. The average molecular weight is 486 g/mol. The zero-order valence-electron chi connectivity index (χ0n) is 19.4. The van der Waals surface area contributed by atoms with Crippen LogP contribution in [0.4, 0.5) is 0 Å². The van der Waals surface area contributed by atoms with Crippen molar-refractivity contribution >= 4 is 30.1 Å². The molecule has 0 amide bonds. The van der Waals surface area contributed by atoms with E-state index in [1.807, 2.05) is 0 Å². The van der Waals surface area contributed by atoms with Gasteiger partial charge in [0, 0.05) is 19.1 Å². The topological polar surface area (TPSA) is 138 Å². The van der Waals surface area contributed by atoms with Crippen LogP contribution >= 0.6 is 0 Å². The van der Waals surface area contributed by atoms with Crippen LogP contribution in [0.5, 0.6) is 23.0 Å². The lowest BCUT2D eigenvalue weighted by Crippen LogP contribution is -2.29. The highest BCUT2D eigenvalue weighted by atomic mass is 16.6. The van der Waals surface area contributed by atoms with E-state index in [2.05, 4.69) is 0 Å². The summed E-state index contributed by atoms with van der Waals surface area (Å²) in [6, 6.07) is 9.04. The van der Waals surface area contributed by atoms with Gasteiger partial charge in [0.1, 0.15) is 13.2 Å². The summed E-state index contributed by atoms with van der Waals surface area (Å²) < 4.78 is 25.2. The molecule has 0 saturated carbocycles. The van der Waals surface area contributed by atoms with E-state index in [0.29, 0.717) is 11.1 Å². The number of rotatable bonds is 11. The van der Waals surface area contributed by atoms with Crippen molar-refractivity contribution in [3.05, 3.63) is 59.7 Å². The summed E-state index contributed by atoms with van der Waals surface area (Å²) in [5.74, 6) is -1.66. The Bertz CT molecular complexity index is 1020. The van der Waals surface area contributed by atoms with Gasteiger partial charge >= 0.3 is 17.9 Å². The lowest BCUT2D eigenvalue weighted by atomic mass is 10.2. The number of hydrogen-bond donors (Lipinski definition) is 2. The van der Waals surface area contributed by atoms with Gasteiger partial charge in [-0.15, -0.1) is 0 Å². The molecule has 0 aliphatic carbocycles. The van der Waals surface area contributed by atoms with E-state index < -0.39 is 24.0 Å². The van der Waals surface area contributed by atoms with Crippen LogP contribution in [0, 0.1) is 0 Å². The third-order valence-electron chi connectivity index (χ3n) is 4.39. The SMILES string of the molecule is COc1cc(/C=C/C(=O)OCC(COC(=O)/C=C/c2ccc(O)c(OC)c2)OC(C)=O)ccc1O. The molecular weight excluding hydrogens is 460 g/mol. The van der Waals surface area contributed by atoms with E-state index in [0.717, 1.165) is 12.2 Å². The Morgan fingerprint density at radius 2 is 1.23 bits per heavy atom. The van der Waals surface area contributed by atoms with Gasteiger partial charge in [-0.2, -0.15) is 0 Å². The molecule has 0 fully saturated rings. The highest BCUT2D eigenvalue weighted by molar-refractivity contribution is 5.88. The van der Waals surface area contributed by atoms with E-state index in [9.17, 15) is 24.6 Å². The fourth-order valence-corrected chi connectivity index (χ4v) is 2.72. The van der Waals surface area contributed by atoms with Crippen molar-refractivity contribution in [1.82, 2.24) is 0 Å². The molecule has 186 valence electrons. The molecular formula is C25H26O10. The molecule has 0 bridgehead atoms. The van der Waals surface area contributed by atoms with Crippen LogP contribution < -0.4 is 9.47 Å². The average Bonchev–Trinajstić information content (AvgIpc) is 2.84. The third kappa shape index (κ3) is 9.12. The highest BCUT2D eigenvalue weighted by Crippen LogP contribution is 2.27. The van der Waals surface area contributed by atoms with Crippen LogP contribution in [-0.2, 0) is 28.6 Å². The lowest BCUT2D eigenvalue weighted by molar-refractivity contribution is -0.162. The Morgan fingerprint density at radius 3 is 1.60 bits per heavy atom. The van der Waals surface area contributed by atoms with Gasteiger partial charge in [-0.05, 0) is 47.5 Å². The lowest BCUT2D eigenvalue weighted by Gasteiger charge is -2.16. The Hall–Kier alpha value is -4.47. The molecule has 0 aliphatic rings. The number of methoxy groups -OCH3 is 2. The van der Waals surface area contributed by atoms with Crippen molar-refractivity contribution in [2.45, 2.75) is 13.0 Å². The predicted molar refractivity (Wildman–Crippen MR) is 125 cm³/mol. The van der Waals surface area contributed by atoms with Crippen LogP contribution in [0.3, 0.4) is 0 Å². The molecule has 0 atom stereocenters. The smallest absolute Gasteiger partial charge is 0.330 e. The zero-order chi connectivity index (χ0) is 25.8. The molecule has 0 unspecified atom stereocenters. The number of phenolic OH excluding ortho intramolecular Hbond substituents is 2. The fraction of sp³-hybridized carbons (Fsp3) is 0.240. The van der Waals surface area contributed by atoms with E-state index in [1.54, 1.807) is 12.1 Å². The van der Waals surface area contributed by atoms with Crippen molar-refractivity contribution in [1.29, 1.82) is 0 Å². The number of carbonyl (C=O) groups excluding carboxylic acids is 3.